The van der Waals surface area contributed by atoms with Crippen LogP contribution in [-0.2, 0) is 9.31 Å². The van der Waals surface area contributed by atoms with Crippen molar-refractivity contribution >= 4 is 55.7 Å². The van der Waals surface area contributed by atoms with Crippen molar-refractivity contribution in [3.8, 4) is 0 Å². The highest BCUT2D eigenvalue weighted by Gasteiger charge is 2.51. The van der Waals surface area contributed by atoms with E-state index in [1.165, 1.54) is 43.1 Å². The first-order chi connectivity index (χ1) is 13.9. The molecule has 0 N–H and O–H groups in total. The van der Waals surface area contributed by atoms with Crippen molar-refractivity contribution in [1.29, 1.82) is 0 Å². The average molecular weight is 378 g/mol. The van der Waals surface area contributed by atoms with E-state index in [0.29, 0.717) is 0 Å². The molecule has 5 aromatic carbocycles. The van der Waals surface area contributed by atoms with Crippen LogP contribution in [0.3, 0.4) is 0 Å². The van der Waals surface area contributed by atoms with Gasteiger partial charge in [-0.15, -0.1) is 0 Å². The quantitative estimate of drug-likeness (QED) is 0.201. The molecule has 2 nitrogen and oxygen atoms in total. The van der Waals surface area contributed by atoms with Gasteiger partial charge in [0.25, 0.3) is 0 Å². The maximum atomic E-state index is 6.37. The summed E-state index contributed by atoms with van der Waals surface area (Å²) in [6.07, 6.45) is 0. The highest BCUT2D eigenvalue weighted by molar-refractivity contribution is 6.63. The molecule has 0 radical (unpaired) electrons. The van der Waals surface area contributed by atoms with Crippen LogP contribution in [0.2, 0.25) is 0 Å². The van der Waals surface area contributed by atoms with Gasteiger partial charge in [0, 0.05) is 0 Å². The van der Waals surface area contributed by atoms with Crippen LogP contribution in [0.4, 0.5) is 0 Å². The molecule has 6 rings (SSSR count). The van der Waals surface area contributed by atoms with Crippen LogP contribution in [-0.4, -0.2) is 18.3 Å². The third-order valence-corrected chi connectivity index (χ3v) is 7.01. The molecule has 1 fully saturated rings. The number of benzene rings is 5. The molecule has 1 saturated heterocycles. The van der Waals surface area contributed by atoms with Crippen LogP contribution in [0.25, 0.3) is 43.1 Å². The van der Waals surface area contributed by atoms with E-state index < -0.39 is 0 Å². The van der Waals surface area contributed by atoms with Gasteiger partial charge in [0.15, 0.2) is 0 Å². The topological polar surface area (TPSA) is 18.5 Å². The molecule has 0 aliphatic carbocycles. The SMILES string of the molecule is CC1(C)OB(c2cc3cccc4c5cccc6cccc(c(c2)c34)c65)OC1(C)C. The lowest BCUT2D eigenvalue weighted by atomic mass is 9.76. The first kappa shape index (κ1) is 17.3. The van der Waals surface area contributed by atoms with Crippen molar-refractivity contribution in [2.75, 3.05) is 0 Å². The largest absolute Gasteiger partial charge is 0.494 e. The Morgan fingerprint density at radius 3 is 1.66 bits per heavy atom. The van der Waals surface area contributed by atoms with E-state index in [2.05, 4.69) is 94.4 Å². The van der Waals surface area contributed by atoms with Crippen LogP contribution in [0.5, 0.6) is 0 Å². The van der Waals surface area contributed by atoms with E-state index in [1.54, 1.807) is 0 Å². The summed E-state index contributed by atoms with van der Waals surface area (Å²) in [4.78, 5) is 0. The standard InChI is InChI=1S/C26H23BO2/c1-25(2)26(3,4)29-27(28-25)18-14-17-10-7-12-20-19-11-5-8-16-9-6-13-21(23(16)19)22(15-18)24(17)20/h5-15H,1-4H3. The first-order valence-corrected chi connectivity index (χ1v) is 10.3. The van der Waals surface area contributed by atoms with Crippen molar-refractivity contribution < 1.29 is 9.31 Å². The van der Waals surface area contributed by atoms with E-state index in [-0.39, 0.29) is 18.3 Å². The molecule has 0 atom stereocenters. The van der Waals surface area contributed by atoms with Gasteiger partial charge in [0.1, 0.15) is 0 Å². The lowest BCUT2D eigenvalue weighted by Gasteiger charge is -2.32. The fourth-order valence-electron chi connectivity index (χ4n) is 4.79. The van der Waals surface area contributed by atoms with Crippen LogP contribution in [0.1, 0.15) is 27.7 Å². The van der Waals surface area contributed by atoms with Gasteiger partial charge in [-0.05, 0) is 76.2 Å². The molecule has 0 unspecified atom stereocenters. The molecule has 0 bridgehead atoms. The predicted octanol–water partition coefficient (Wildman–Crippen LogP) is 6.04. The minimum Gasteiger partial charge on any atom is -0.399 e. The summed E-state index contributed by atoms with van der Waals surface area (Å²) in [6, 6.07) is 24.3. The van der Waals surface area contributed by atoms with Crippen LogP contribution >= 0.6 is 0 Å². The zero-order chi connectivity index (χ0) is 20.0. The smallest absolute Gasteiger partial charge is 0.399 e. The molecule has 0 amide bonds. The summed E-state index contributed by atoms with van der Waals surface area (Å²) < 4.78 is 12.7. The Morgan fingerprint density at radius 1 is 0.586 bits per heavy atom. The summed E-state index contributed by atoms with van der Waals surface area (Å²) >= 11 is 0. The maximum absolute atomic E-state index is 6.37. The van der Waals surface area contributed by atoms with Crippen LogP contribution in [0.15, 0.2) is 66.7 Å². The lowest BCUT2D eigenvalue weighted by Crippen LogP contribution is -2.41. The van der Waals surface area contributed by atoms with Crippen LogP contribution in [0, 0.1) is 0 Å². The van der Waals surface area contributed by atoms with Gasteiger partial charge >= 0.3 is 7.12 Å². The van der Waals surface area contributed by atoms with Gasteiger partial charge < -0.3 is 9.31 Å². The minimum absolute atomic E-state index is 0.349. The highest BCUT2D eigenvalue weighted by Crippen LogP contribution is 2.41. The normalized spacial score (nSPS) is 18.6. The summed E-state index contributed by atoms with van der Waals surface area (Å²) in [5, 5.41) is 10.4. The molecule has 1 aliphatic rings. The zero-order valence-corrected chi connectivity index (χ0v) is 17.2. The Kier molecular flexibility index (Phi) is 3.27. The molecule has 1 aliphatic heterocycles. The molecule has 0 aromatic heterocycles. The Balaban J connectivity index is 1.72. The summed E-state index contributed by atoms with van der Waals surface area (Å²) in [5.41, 5.74) is 0.385. The molecule has 1 heterocycles. The molecule has 142 valence electrons. The fourth-order valence-corrected chi connectivity index (χ4v) is 4.79. The summed E-state index contributed by atoms with van der Waals surface area (Å²) in [7, 11) is -0.360. The van der Waals surface area contributed by atoms with Gasteiger partial charge in [-0.3, -0.25) is 0 Å². The molecule has 3 heteroatoms. The molecular weight excluding hydrogens is 355 g/mol. The van der Waals surface area contributed by atoms with Gasteiger partial charge in [0.2, 0.25) is 0 Å². The Bertz CT molecular complexity index is 1400. The first-order valence-electron chi connectivity index (χ1n) is 10.3. The average Bonchev–Trinajstić information content (AvgIpc) is 2.92. The maximum Gasteiger partial charge on any atom is 0.494 e. The monoisotopic (exact) mass is 378 g/mol. The minimum atomic E-state index is -0.360. The fraction of sp³-hybridized carbons (Fsp3) is 0.231. The van der Waals surface area contributed by atoms with Gasteiger partial charge in [-0.25, -0.2) is 0 Å². The number of hydrogen-bond donors (Lipinski definition) is 0. The lowest BCUT2D eigenvalue weighted by molar-refractivity contribution is 0.00578. The molecule has 0 saturated carbocycles. The second-order valence-corrected chi connectivity index (χ2v) is 9.27. The van der Waals surface area contributed by atoms with E-state index in [0.717, 1.165) is 5.46 Å². The van der Waals surface area contributed by atoms with Crippen LogP contribution < -0.4 is 5.46 Å². The van der Waals surface area contributed by atoms with E-state index in [1.807, 2.05) is 0 Å². The van der Waals surface area contributed by atoms with E-state index in [9.17, 15) is 0 Å². The second kappa shape index (κ2) is 5.50. The molecular formula is C26H23BO2. The molecule has 0 spiro atoms. The Morgan fingerprint density at radius 2 is 1.07 bits per heavy atom. The summed E-state index contributed by atoms with van der Waals surface area (Å²) in [5.74, 6) is 0. The van der Waals surface area contributed by atoms with Gasteiger partial charge in [-0.2, -0.15) is 0 Å². The van der Waals surface area contributed by atoms with Crippen molar-refractivity contribution in [2.24, 2.45) is 0 Å². The van der Waals surface area contributed by atoms with Crippen molar-refractivity contribution in [2.45, 2.75) is 38.9 Å². The van der Waals surface area contributed by atoms with Gasteiger partial charge in [-0.1, -0.05) is 66.7 Å². The predicted molar refractivity (Wildman–Crippen MR) is 123 cm³/mol. The van der Waals surface area contributed by atoms with E-state index in [4.69, 9.17) is 9.31 Å². The second-order valence-electron chi connectivity index (χ2n) is 9.27. The van der Waals surface area contributed by atoms with Crippen molar-refractivity contribution in [3.63, 3.8) is 0 Å². The molecule has 29 heavy (non-hydrogen) atoms. The van der Waals surface area contributed by atoms with Gasteiger partial charge in [0.05, 0.1) is 11.2 Å². The number of hydrogen-bond acceptors (Lipinski definition) is 2. The highest BCUT2D eigenvalue weighted by atomic mass is 16.7. The number of rotatable bonds is 1. The third-order valence-electron chi connectivity index (χ3n) is 7.01. The van der Waals surface area contributed by atoms with Crippen molar-refractivity contribution in [3.05, 3.63) is 66.7 Å². The Labute approximate surface area is 170 Å². The summed E-state index contributed by atoms with van der Waals surface area (Å²) in [6.45, 7) is 8.42. The molecule has 5 aromatic rings. The number of fused-ring (bicyclic) bond motifs is 2. The van der Waals surface area contributed by atoms with Crippen molar-refractivity contribution in [1.82, 2.24) is 0 Å². The van der Waals surface area contributed by atoms with E-state index >= 15 is 0 Å². The zero-order valence-electron chi connectivity index (χ0n) is 17.2. The third kappa shape index (κ3) is 2.26. The Hall–Kier alpha value is -2.62.